The van der Waals surface area contributed by atoms with E-state index in [1.54, 1.807) is 6.08 Å². The van der Waals surface area contributed by atoms with E-state index < -0.39 is 0 Å². The van der Waals surface area contributed by atoms with Crippen molar-refractivity contribution in [3.8, 4) is 0 Å². The molecule has 0 aliphatic heterocycles. The Morgan fingerprint density at radius 2 is 2.20 bits per heavy atom. The first-order chi connectivity index (χ1) is 4.81. The number of allylic oxidation sites excluding steroid dienone is 2. The molecule has 10 heavy (non-hydrogen) atoms. The van der Waals surface area contributed by atoms with Crippen LogP contribution in [-0.2, 0) is 0 Å². The Bertz CT molecular complexity index is 105. The molecule has 1 heteroatoms. The second-order valence-corrected chi connectivity index (χ2v) is 2.44. The Balaban J connectivity index is 3.18. The molecule has 0 spiro atoms. The van der Waals surface area contributed by atoms with Gasteiger partial charge in [0.1, 0.15) is 0 Å². The molecule has 0 fully saturated rings. The van der Waals surface area contributed by atoms with Gasteiger partial charge in [-0.25, -0.2) is 0 Å². The van der Waals surface area contributed by atoms with E-state index in [1.807, 2.05) is 12.2 Å². The van der Waals surface area contributed by atoms with Gasteiger partial charge >= 0.3 is 0 Å². The van der Waals surface area contributed by atoms with Crippen molar-refractivity contribution in [2.75, 3.05) is 6.61 Å². The number of aliphatic hydroxyl groups excluding tert-OH is 1. The van der Waals surface area contributed by atoms with Crippen molar-refractivity contribution in [2.45, 2.75) is 19.8 Å². The summed E-state index contributed by atoms with van der Waals surface area (Å²) in [6.07, 6.45) is 7.89. The third-order valence-corrected chi connectivity index (χ3v) is 1.46. The van der Waals surface area contributed by atoms with Gasteiger partial charge in [-0.2, -0.15) is 0 Å². The first-order valence-corrected chi connectivity index (χ1v) is 3.69. The van der Waals surface area contributed by atoms with Crippen molar-refractivity contribution in [1.29, 1.82) is 0 Å². The standard InChI is InChI=1S/C9H16O/c1-3-9(2)7-5-4-6-8-10/h3-4,6,9-10H,1,5,7-8H2,2H3/b6-4+/t9-/m0/s1. The molecule has 1 N–H and O–H groups in total. The monoisotopic (exact) mass is 140 g/mol. The van der Waals surface area contributed by atoms with Crippen molar-refractivity contribution in [3.05, 3.63) is 24.8 Å². The van der Waals surface area contributed by atoms with Crippen LogP contribution >= 0.6 is 0 Å². The zero-order valence-corrected chi connectivity index (χ0v) is 6.59. The van der Waals surface area contributed by atoms with Crippen molar-refractivity contribution in [1.82, 2.24) is 0 Å². The van der Waals surface area contributed by atoms with Crippen molar-refractivity contribution in [3.63, 3.8) is 0 Å². The minimum Gasteiger partial charge on any atom is -0.392 e. The highest BCUT2D eigenvalue weighted by molar-refractivity contribution is 4.83. The summed E-state index contributed by atoms with van der Waals surface area (Å²) in [6, 6.07) is 0. The van der Waals surface area contributed by atoms with E-state index in [-0.39, 0.29) is 6.61 Å². The molecule has 0 bridgehead atoms. The largest absolute Gasteiger partial charge is 0.392 e. The minimum atomic E-state index is 0.155. The summed E-state index contributed by atoms with van der Waals surface area (Å²) >= 11 is 0. The Hall–Kier alpha value is -0.560. The van der Waals surface area contributed by atoms with Gasteiger partial charge in [0.15, 0.2) is 0 Å². The van der Waals surface area contributed by atoms with Gasteiger partial charge in [-0.3, -0.25) is 0 Å². The molecule has 1 atom stereocenters. The molecule has 0 saturated carbocycles. The van der Waals surface area contributed by atoms with Gasteiger partial charge in [-0.15, -0.1) is 6.58 Å². The molecular formula is C9H16O. The lowest BCUT2D eigenvalue weighted by atomic mass is 10.1. The Kier molecular flexibility index (Phi) is 6.19. The normalized spacial score (nSPS) is 13.8. The Labute approximate surface area is 63.1 Å². The van der Waals surface area contributed by atoms with Crippen LogP contribution in [0.15, 0.2) is 24.8 Å². The average molecular weight is 140 g/mol. The summed E-state index contributed by atoms with van der Waals surface area (Å²) in [5.41, 5.74) is 0. The summed E-state index contributed by atoms with van der Waals surface area (Å²) in [5.74, 6) is 0.586. The molecule has 0 aliphatic rings. The maximum atomic E-state index is 8.38. The number of aliphatic hydroxyl groups is 1. The molecule has 0 aromatic heterocycles. The highest BCUT2D eigenvalue weighted by Gasteiger charge is 1.91. The fourth-order valence-electron chi connectivity index (χ4n) is 0.669. The molecular weight excluding hydrogens is 124 g/mol. The van der Waals surface area contributed by atoms with E-state index in [0.29, 0.717) is 5.92 Å². The second-order valence-electron chi connectivity index (χ2n) is 2.44. The molecule has 0 aromatic rings. The lowest BCUT2D eigenvalue weighted by Gasteiger charge is -2.00. The van der Waals surface area contributed by atoms with Crippen LogP contribution in [0.2, 0.25) is 0 Å². The zero-order chi connectivity index (χ0) is 7.82. The minimum absolute atomic E-state index is 0.155. The van der Waals surface area contributed by atoms with Gasteiger partial charge < -0.3 is 5.11 Å². The summed E-state index contributed by atoms with van der Waals surface area (Å²) in [6.45, 7) is 5.98. The maximum Gasteiger partial charge on any atom is 0.0612 e. The molecule has 0 rings (SSSR count). The quantitative estimate of drug-likeness (QED) is 0.580. The molecule has 0 heterocycles. The van der Waals surface area contributed by atoms with Crippen LogP contribution in [0.1, 0.15) is 19.8 Å². The molecule has 1 nitrogen and oxygen atoms in total. The fourth-order valence-corrected chi connectivity index (χ4v) is 0.669. The SMILES string of the molecule is C=C[C@H](C)CC/C=C/CO. The van der Waals surface area contributed by atoms with Gasteiger partial charge in [-0.05, 0) is 18.8 Å². The third-order valence-electron chi connectivity index (χ3n) is 1.46. The molecule has 0 amide bonds. The van der Waals surface area contributed by atoms with E-state index in [1.165, 1.54) is 0 Å². The van der Waals surface area contributed by atoms with E-state index in [0.717, 1.165) is 12.8 Å². The van der Waals surface area contributed by atoms with E-state index in [2.05, 4.69) is 13.5 Å². The smallest absolute Gasteiger partial charge is 0.0612 e. The van der Waals surface area contributed by atoms with E-state index in [4.69, 9.17) is 5.11 Å². The van der Waals surface area contributed by atoms with E-state index >= 15 is 0 Å². The number of hydrogen-bond donors (Lipinski definition) is 1. The lowest BCUT2D eigenvalue weighted by molar-refractivity contribution is 0.342. The van der Waals surface area contributed by atoms with Gasteiger partial charge in [0.05, 0.1) is 6.61 Å². The average Bonchev–Trinajstić information content (AvgIpc) is 1.98. The second kappa shape index (κ2) is 6.56. The maximum absolute atomic E-state index is 8.38. The molecule has 0 aromatic carbocycles. The van der Waals surface area contributed by atoms with Crippen LogP contribution in [0.4, 0.5) is 0 Å². The number of rotatable bonds is 5. The van der Waals surface area contributed by atoms with Crippen LogP contribution in [-0.4, -0.2) is 11.7 Å². The molecule has 58 valence electrons. The summed E-state index contributed by atoms with van der Waals surface area (Å²) in [5, 5.41) is 8.38. The predicted octanol–water partition coefficient (Wildman–Crippen LogP) is 2.14. The first-order valence-electron chi connectivity index (χ1n) is 3.69. The van der Waals surface area contributed by atoms with Crippen LogP contribution in [0.25, 0.3) is 0 Å². The zero-order valence-electron chi connectivity index (χ0n) is 6.59. The summed E-state index contributed by atoms with van der Waals surface area (Å²) < 4.78 is 0. The summed E-state index contributed by atoms with van der Waals surface area (Å²) in [4.78, 5) is 0. The summed E-state index contributed by atoms with van der Waals surface area (Å²) in [7, 11) is 0. The highest BCUT2D eigenvalue weighted by atomic mass is 16.2. The fraction of sp³-hybridized carbons (Fsp3) is 0.556. The van der Waals surface area contributed by atoms with Crippen LogP contribution < -0.4 is 0 Å². The first kappa shape index (κ1) is 9.44. The predicted molar refractivity (Wildman–Crippen MR) is 44.8 cm³/mol. The Morgan fingerprint density at radius 3 is 2.70 bits per heavy atom. The molecule has 0 aliphatic carbocycles. The topological polar surface area (TPSA) is 20.2 Å². The van der Waals surface area contributed by atoms with Crippen molar-refractivity contribution in [2.24, 2.45) is 5.92 Å². The molecule has 0 unspecified atom stereocenters. The third kappa shape index (κ3) is 5.57. The van der Waals surface area contributed by atoms with Crippen LogP contribution in [0.3, 0.4) is 0 Å². The van der Waals surface area contributed by atoms with Gasteiger partial charge in [0.2, 0.25) is 0 Å². The van der Waals surface area contributed by atoms with Crippen molar-refractivity contribution < 1.29 is 5.11 Å². The highest BCUT2D eigenvalue weighted by Crippen LogP contribution is 2.05. The molecule has 0 radical (unpaired) electrons. The number of hydrogen-bond acceptors (Lipinski definition) is 1. The molecule has 0 saturated heterocycles. The van der Waals surface area contributed by atoms with Gasteiger partial charge in [0.25, 0.3) is 0 Å². The Morgan fingerprint density at radius 1 is 1.50 bits per heavy atom. The van der Waals surface area contributed by atoms with Gasteiger partial charge in [-0.1, -0.05) is 25.2 Å². The van der Waals surface area contributed by atoms with Crippen LogP contribution in [0.5, 0.6) is 0 Å². The van der Waals surface area contributed by atoms with Crippen molar-refractivity contribution >= 4 is 0 Å². The van der Waals surface area contributed by atoms with E-state index in [9.17, 15) is 0 Å². The van der Waals surface area contributed by atoms with Crippen LogP contribution in [0, 0.1) is 5.92 Å². The van der Waals surface area contributed by atoms with Gasteiger partial charge in [0, 0.05) is 0 Å². The lowest BCUT2D eigenvalue weighted by Crippen LogP contribution is -1.86.